The van der Waals surface area contributed by atoms with Crippen molar-refractivity contribution >= 4 is 17.5 Å². The van der Waals surface area contributed by atoms with Crippen LogP contribution in [0.2, 0.25) is 5.02 Å². The molecule has 2 aromatic rings. The van der Waals surface area contributed by atoms with E-state index in [1.807, 2.05) is 18.2 Å². The lowest BCUT2D eigenvalue weighted by Gasteiger charge is -2.35. The highest BCUT2D eigenvalue weighted by molar-refractivity contribution is 6.30. The second-order valence-corrected chi connectivity index (χ2v) is 6.47. The van der Waals surface area contributed by atoms with Crippen LogP contribution in [0.5, 0.6) is 5.75 Å². The van der Waals surface area contributed by atoms with E-state index in [0.29, 0.717) is 23.7 Å². The lowest BCUT2D eigenvalue weighted by atomic mass is 10.1. The van der Waals surface area contributed by atoms with Gasteiger partial charge in [-0.1, -0.05) is 11.6 Å². The first-order chi connectivity index (χ1) is 12.1. The summed E-state index contributed by atoms with van der Waals surface area (Å²) < 4.78 is 18.4. The number of methoxy groups -OCH3 is 1. The molecule has 0 N–H and O–H groups in total. The fraction of sp³-hybridized carbons (Fsp3) is 0.316. The molecule has 3 rings (SSSR count). The molecule has 4 nitrogen and oxygen atoms in total. The minimum atomic E-state index is -0.336. The van der Waals surface area contributed by atoms with Crippen LogP contribution in [-0.4, -0.2) is 49.0 Å². The number of hydrogen-bond donors (Lipinski definition) is 0. The third-order valence-corrected chi connectivity index (χ3v) is 4.62. The molecular formula is C19H20ClFN2O2. The number of rotatable bonds is 4. The van der Waals surface area contributed by atoms with E-state index in [0.717, 1.165) is 30.9 Å². The Labute approximate surface area is 151 Å². The van der Waals surface area contributed by atoms with Crippen molar-refractivity contribution in [1.29, 1.82) is 0 Å². The first-order valence-electron chi connectivity index (χ1n) is 8.16. The number of halogens is 2. The van der Waals surface area contributed by atoms with Crippen molar-refractivity contribution in [3.63, 3.8) is 0 Å². The van der Waals surface area contributed by atoms with Crippen LogP contribution in [0.15, 0.2) is 42.5 Å². The van der Waals surface area contributed by atoms with Crippen LogP contribution in [0, 0.1) is 5.82 Å². The zero-order chi connectivity index (χ0) is 17.8. The quantitative estimate of drug-likeness (QED) is 0.835. The molecule has 1 aliphatic heterocycles. The number of nitrogens with zero attached hydrogens (tertiary/aromatic N) is 2. The minimum absolute atomic E-state index is 0.0556. The van der Waals surface area contributed by atoms with Crippen LogP contribution in [0.1, 0.15) is 15.9 Å². The number of hydrogen-bond acceptors (Lipinski definition) is 3. The van der Waals surface area contributed by atoms with Crippen molar-refractivity contribution in [3.8, 4) is 5.75 Å². The molecule has 132 valence electrons. The fourth-order valence-electron chi connectivity index (χ4n) is 3.00. The molecule has 0 bridgehead atoms. The van der Waals surface area contributed by atoms with Gasteiger partial charge in [0.25, 0.3) is 5.91 Å². The van der Waals surface area contributed by atoms with Crippen LogP contribution in [-0.2, 0) is 6.54 Å². The van der Waals surface area contributed by atoms with E-state index in [9.17, 15) is 9.18 Å². The Morgan fingerprint density at radius 1 is 1.12 bits per heavy atom. The standard InChI is InChI=1S/C19H20ClFN2O2/c1-25-18-7-4-16(20)12-15(18)13-22-8-10-23(11-9-22)19(24)14-2-5-17(21)6-3-14/h2-7,12H,8-11,13H2,1H3. The number of carbonyl (C=O) groups is 1. The normalized spacial score (nSPS) is 15.2. The summed E-state index contributed by atoms with van der Waals surface area (Å²) in [7, 11) is 1.64. The maximum Gasteiger partial charge on any atom is 0.253 e. The van der Waals surface area contributed by atoms with Gasteiger partial charge in [0.05, 0.1) is 7.11 Å². The molecule has 0 aliphatic carbocycles. The molecule has 6 heteroatoms. The second kappa shape index (κ2) is 7.85. The van der Waals surface area contributed by atoms with Gasteiger partial charge < -0.3 is 9.64 Å². The summed E-state index contributed by atoms with van der Waals surface area (Å²) in [5, 5.41) is 0.681. The van der Waals surface area contributed by atoms with E-state index in [4.69, 9.17) is 16.3 Å². The number of carbonyl (C=O) groups excluding carboxylic acids is 1. The van der Waals surface area contributed by atoms with Gasteiger partial charge >= 0.3 is 0 Å². The Morgan fingerprint density at radius 3 is 2.44 bits per heavy atom. The highest BCUT2D eigenvalue weighted by Gasteiger charge is 2.22. The van der Waals surface area contributed by atoms with Gasteiger partial charge in [0.1, 0.15) is 11.6 Å². The number of piperazine rings is 1. The highest BCUT2D eigenvalue weighted by atomic mass is 35.5. The van der Waals surface area contributed by atoms with E-state index in [2.05, 4.69) is 4.90 Å². The van der Waals surface area contributed by atoms with Crippen molar-refractivity contribution in [2.24, 2.45) is 0 Å². The molecule has 1 aliphatic rings. The Kier molecular flexibility index (Phi) is 5.56. The molecule has 1 saturated heterocycles. The highest BCUT2D eigenvalue weighted by Crippen LogP contribution is 2.24. The Balaban J connectivity index is 1.59. The molecule has 0 unspecified atom stereocenters. The lowest BCUT2D eigenvalue weighted by Crippen LogP contribution is -2.48. The molecule has 0 spiro atoms. The molecule has 2 aromatic carbocycles. The maximum absolute atomic E-state index is 13.0. The molecule has 0 saturated carbocycles. The van der Waals surface area contributed by atoms with Gasteiger partial charge in [-0.2, -0.15) is 0 Å². The average Bonchev–Trinajstić information content (AvgIpc) is 2.63. The summed E-state index contributed by atoms with van der Waals surface area (Å²) in [4.78, 5) is 16.5. The first kappa shape index (κ1) is 17.7. The number of benzene rings is 2. The molecule has 0 atom stereocenters. The zero-order valence-corrected chi connectivity index (χ0v) is 14.8. The van der Waals surface area contributed by atoms with Crippen LogP contribution in [0.4, 0.5) is 4.39 Å². The van der Waals surface area contributed by atoms with Crippen molar-refractivity contribution in [3.05, 3.63) is 64.4 Å². The summed E-state index contributed by atoms with van der Waals surface area (Å²) >= 11 is 6.08. The van der Waals surface area contributed by atoms with Gasteiger partial charge in [-0.25, -0.2) is 4.39 Å². The van der Waals surface area contributed by atoms with Crippen LogP contribution in [0.25, 0.3) is 0 Å². The lowest BCUT2D eigenvalue weighted by molar-refractivity contribution is 0.0627. The first-order valence-corrected chi connectivity index (χ1v) is 8.54. The van der Waals surface area contributed by atoms with Gasteiger partial charge in [0, 0.05) is 48.9 Å². The zero-order valence-electron chi connectivity index (χ0n) is 14.0. The Hall–Kier alpha value is -2.11. The summed E-state index contributed by atoms with van der Waals surface area (Å²) in [5.41, 5.74) is 1.56. The molecule has 0 aromatic heterocycles. The van der Waals surface area contributed by atoms with E-state index < -0.39 is 0 Å². The molecule has 25 heavy (non-hydrogen) atoms. The van der Waals surface area contributed by atoms with Crippen molar-refractivity contribution < 1.29 is 13.9 Å². The predicted octanol–water partition coefficient (Wildman–Crippen LogP) is 3.45. The molecule has 1 amide bonds. The van der Waals surface area contributed by atoms with Gasteiger partial charge in [-0.3, -0.25) is 9.69 Å². The van der Waals surface area contributed by atoms with Crippen LogP contribution in [0.3, 0.4) is 0 Å². The number of ether oxygens (including phenoxy) is 1. The third-order valence-electron chi connectivity index (χ3n) is 4.39. The van der Waals surface area contributed by atoms with Gasteiger partial charge in [-0.05, 0) is 42.5 Å². The van der Waals surface area contributed by atoms with Crippen molar-refractivity contribution in [2.45, 2.75) is 6.54 Å². The van der Waals surface area contributed by atoms with E-state index in [1.54, 1.807) is 12.0 Å². The van der Waals surface area contributed by atoms with Crippen molar-refractivity contribution in [1.82, 2.24) is 9.80 Å². The van der Waals surface area contributed by atoms with Crippen LogP contribution < -0.4 is 4.74 Å². The average molecular weight is 363 g/mol. The third kappa shape index (κ3) is 4.30. The topological polar surface area (TPSA) is 32.8 Å². The summed E-state index contributed by atoms with van der Waals surface area (Å²) in [6.45, 7) is 3.53. The SMILES string of the molecule is COc1ccc(Cl)cc1CN1CCN(C(=O)c2ccc(F)cc2)CC1. The summed E-state index contributed by atoms with van der Waals surface area (Å²) in [6, 6.07) is 11.3. The molecule has 0 radical (unpaired) electrons. The predicted molar refractivity (Wildman–Crippen MR) is 95.6 cm³/mol. The summed E-state index contributed by atoms with van der Waals surface area (Å²) in [5.74, 6) is 0.422. The van der Waals surface area contributed by atoms with Gasteiger partial charge in [0.15, 0.2) is 0 Å². The number of amides is 1. The molecule has 1 heterocycles. The fourth-order valence-corrected chi connectivity index (χ4v) is 3.19. The van der Waals surface area contributed by atoms with Gasteiger partial charge in [0.2, 0.25) is 0 Å². The maximum atomic E-state index is 13.0. The second-order valence-electron chi connectivity index (χ2n) is 6.03. The monoisotopic (exact) mass is 362 g/mol. The Morgan fingerprint density at radius 2 is 1.80 bits per heavy atom. The minimum Gasteiger partial charge on any atom is -0.496 e. The van der Waals surface area contributed by atoms with Crippen LogP contribution >= 0.6 is 11.6 Å². The molecule has 1 fully saturated rings. The van der Waals surface area contributed by atoms with Gasteiger partial charge in [-0.15, -0.1) is 0 Å². The Bertz CT molecular complexity index is 744. The van der Waals surface area contributed by atoms with E-state index in [1.165, 1.54) is 24.3 Å². The van der Waals surface area contributed by atoms with E-state index in [-0.39, 0.29) is 11.7 Å². The summed E-state index contributed by atoms with van der Waals surface area (Å²) in [6.07, 6.45) is 0. The molecular weight excluding hydrogens is 343 g/mol. The smallest absolute Gasteiger partial charge is 0.253 e. The largest absolute Gasteiger partial charge is 0.496 e. The van der Waals surface area contributed by atoms with E-state index >= 15 is 0 Å². The van der Waals surface area contributed by atoms with Crippen molar-refractivity contribution in [2.75, 3.05) is 33.3 Å².